The summed E-state index contributed by atoms with van der Waals surface area (Å²) in [6.45, 7) is 0.629. The molecule has 2 aromatic rings. The molecule has 6 heteroatoms. The number of ether oxygens (including phenoxy) is 1. The fourth-order valence-corrected chi connectivity index (χ4v) is 1.83. The second kappa shape index (κ2) is 6.89. The van der Waals surface area contributed by atoms with Gasteiger partial charge in [-0.1, -0.05) is 0 Å². The number of aryl methyl sites for hydroxylation is 1. The normalized spacial score (nSPS) is 10.3. The molecule has 22 heavy (non-hydrogen) atoms. The molecule has 5 nitrogen and oxygen atoms in total. The lowest BCUT2D eigenvalue weighted by molar-refractivity contribution is 0.0773. The molecule has 0 spiro atoms. The van der Waals surface area contributed by atoms with E-state index in [1.165, 1.54) is 39.8 Å². The molecule has 116 valence electrons. The number of aromatic nitrogens is 1. The Morgan fingerprint density at radius 1 is 1.27 bits per heavy atom. The lowest BCUT2D eigenvalue weighted by Gasteiger charge is -2.17. The zero-order chi connectivity index (χ0) is 16.1. The minimum Gasteiger partial charge on any atom is -0.492 e. The van der Waals surface area contributed by atoms with E-state index < -0.39 is 0 Å². The number of rotatable bonds is 5. The number of halogens is 1. The predicted octanol–water partition coefficient (Wildman–Crippen LogP) is 1.68. The number of carbonyl (C=O) groups excluding carboxylic acids is 1. The SMILES string of the molecule is CN(CCOc1ccc(F)cc1)C(=O)c1ccn(C)c(=O)c1. The van der Waals surface area contributed by atoms with E-state index >= 15 is 0 Å². The third-order valence-corrected chi connectivity index (χ3v) is 3.21. The summed E-state index contributed by atoms with van der Waals surface area (Å²) >= 11 is 0. The predicted molar refractivity (Wildman–Crippen MR) is 80.5 cm³/mol. The maximum atomic E-state index is 12.8. The Bertz CT molecular complexity index is 710. The van der Waals surface area contributed by atoms with E-state index in [0.717, 1.165) is 0 Å². The zero-order valence-corrected chi connectivity index (χ0v) is 12.5. The van der Waals surface area contributed by atoms with E-state index in [-0.39, 0.29) is 23.9 Å². The Labute approximate surface area is 127 Å². The summed E-state index contributed by atoms with van der Waals surface area (Å²) in [4.78, 5) is 25.2. The van der Waals surface area contributed by atoms with Crippen LogP contribution in [0.15, 0.2) is 47.4 Å². The van der Waals surface area contributed by atoms with Gasteiger partial charge in [0.1, 0.15) is 18.2 Å². The Morgan fingerprint density at radius 3 is 2.59 bits per heavy atom. The summed E-state index contributed by atoms with van der Waals surface area (Å²) < 4.78 is 19.6. The third kappa shape index (κ3) is 3.94. The lowest BCUT2D eigenvalue weighted by Crippen LogP contribution is -2.32. The van der Waals surface area contributed by atoms with E-state index in [2.05, 4.69) is 0 Å². The van der Waals surface area contributed by atoms with Crippen LogP contribution in [0.25, 0.3) is 0 Å². The molecule has 1 amide bonds. The van der Waals surface area contributed by atoms with Gasteiger partial charge in [0.2, 0.25) is 0 Å². The van der Waals surface area contributed by atoms with E-state index in [1.807, 2.05) is 0 Å². The quantitative estimate of drug-likeness (QED) is 0.844. The van der Waals surface area contributed by atoms with Crippen LogP contribution in [0.4, 0.5) is 4.39 Å². The van der Waals surface area contributed by atoms with E-state index in [4.69, 9.17) is 4.74 Å². The number of amides is 1. The first kappa shape index (κ1) is 15.8. The fraction of sp³-hybridized carbons (Fsp3) is 0.250. The molecular formula is C16H17FN2O3. The highest BCUT2D eigenvalue weighted by Crippen LogP contribution is 2.11. The van der Waals surface area contributed by atoms with Gasteiger partial charge in [0, 0.05) is 31.9 Å². The van der Waals surface area contributed by atoms with Gasteiger partial charge in [-0.05, 0) is 30.3 Å². The third-order valence-electron chi connectivity index (χ3n) is 3.21. The summed E-state index contributed by atoms with van der Waals surface area (Å²) in [5.41, 5.74) is 0.106. The van der Waals surface area contributed by atoms with Crippen molar-refractivity contribution in [3.05, 3.63) is 64.3 Å². The standard InChI is InChI=1S/C16H17FN2O3/c1-18-8-7-12(11-15(18)20)16(21)19(2)9-10-22-14-5-3-13(17)4-6-14/h3-8,11H,9-10H2,1-2H3. The van der Waals surface area contributed by atoms with Crippen LogP contribution in [-0.2, 0) is 7.05 Å². The van der Waals surface area contributed by atoms with Crippen LogP contribution in [0.1, 0.15) is 10.4 Å². The average Bonchev–Trinajstić information content (AvgIpc) is 2.51. The molecule has 0 saturated heterocycles. The first-order valence-corrected chi connectivity index (χ1v) is 6.78. The minimum atomic E-state index is -0.328. The molecule has 0 aliphatic rings. The van der Waals surface area contributed by atoms with Gasteiger partial charge < -0.3 is 14.2 Å². The fourth-order valence-electron chi connectivity index (χ4n) is 1.83. The minimum absolute atomic E-state index is 0.234. The van der Waals surface area contributed by atoms with Crippen molar-refractivity contribution in [1.82, 2.24) is 9.47 Å². The summed E-state index contributed by atoms with van der Waals surface area (Å²) in [6, 6.07) is 8.57. The van der Waals surface area contributed by atoms with Crippen molar-refractivity contribution in [2.75, 3.05) is 20.2 Å². The van der Waals surface area contributed by atoms with Crippen molar-refractivity contribution in [2.24, 2.45) is 7.05 Å². The second-order valence-corrected chi connectivity index (χ2v) is 4.89. The molecule has 0 saturated carbocycles. The van der Waals surface area contributed by atoms with Crippen molar-refractivity contribution >= 4 is 5.91 Å². The molecule has 0 N–H and O–H groups in total. The van der Waals surface area contributed by atoms with Crippen molar-refractivity contribution < 1.29 is 13.9 Å². The highest BCUT2D eigenvalue weighted by atomic mass is 19.1. The number of benzene rings is 1. The van der Waals surface area contributed by atoms with Crippen LogP contribution in [0.5, 0.6) is 5.75 Å². The van der Waals surface area contributed by atoms with Gasteiger partial charge in [0.15, 0.2) is 0 Å². The molecule has 0 atom stereocenters. The van der Waals surface area contributed by atoms with E-state index in [1.54, 1.807) is 26.4 Å². The highest BCUT2D eigenvalue weighted by Gasteiger charge is 2.12. The average molecular weight is 304 g/mol. The summed E-state index contributed by atoms with van der Waals surface area (Å²) in [7, 11) is 3.25. The van der Waals surface area contributed by atoms with Crippen LogP contribution in [-0.4, -0.2) is 35.6 Å². The summed E-state index contributed by atoms with van der Waals surface area (Å²) in [6.07, 6.45) is 1.55. The smallest absolute Gasteiger partial charge is 0.253 e. The van der Waals surface area contributed by atoms with Gasteiger partial charge in [-0.15, -0.1) is 0 Å². The number of hydrogen-bond acceptors (Lipinski definition) is 3. The van der Waals surface area contributed by atoms with Crippen LogP contribution in [0, 0.1) is 5.82 Å². The van der Waals surface area contributed by atoms with Gasteiger partial charge in [0.25, 0.3) is 11.5 Å². The van der Waals surface area contributed by atoms with Crippen molar-refractivity contribution in [3.8, 4) is 5.75 Å². The maximum absolute atomic E-state index is 12.8. The van der Waals surface area contributed by atoms with E-state index in [0.29, 0.717) is 17.9 Å². The molecular weight excluding hydrogens is 287 g/mol. The lowest BCUT2D eigenvalue weighted by atomic mass is 10.2. The van der Waals surface area contributed by atoms with Crippen LogP contribution < -0.4 is 10.3 Å². The molecule has 1 aromatic carbocycles. The van der Waals surface area contributed by atoms with Crippen LogP contribution in [0.3, 0.4) is 0 Å². The van der Waals surface area contributed by atoms with Gasteiger partial charge >= 0.3 is 0 Å². The number of pyridine rings is 1. The van der Waals surface area contributed by atoms with Gasteiger partial charge in [-0.25, -0.2) is 4.39 Å². The highest BCUT2D eigenvalue weighted by molar-refractivity contribution is 5.93. The number of nitrogens with zero attached hydrogens (tertiary/aromatic N) is 2. The largest absolute Gasteiger partial charge is 0.492 e. The summed E-state index contributed by atoms with van der Waals surface area (Å²) in [5.74, 6) is -0.0402. The molecule has 0 unspecified atom stereocenters. The molecule has 1 aromatic heterocycles. The first-order chi connectivity index (χ1) is 10.5. The van der Waals surface area contributed by atoms with Crippen LogP contribution in [0.2, 0.25) is 0 Å². The number of hydrogen-bond donors (Lipinski definition) is 0. The monoisotopic (exact) mass is 304 g/mol. The van der Waals surface area contributed by atoms with Gasteiger partial charge in [-0.2, -0.15) is 0 Å². The second-order valence-electron chi connectivity index (χ2n) is 4.89. The molecule has 2 rings (SSSR count). The molecule has 0 radical (unpaired) electrons. The molecule has 0 aliphatic carbocycles. The maximum Gasteiger partial charge on any atom is 0.253 e. The van der Waals surface area contributed by atoms with Gasteiger partial charge in [0.05, 0.1) is 6.54 Å². The van der Waals surface area contributed by atoms with Crippen molar-refractivity contribution in [3.63, 3.8) is 0 Å². The molecule has 0 bridgehead atoms. The Morgan fingerprint density at radius 2 is 1.95 bits per heavy atom. The first-order valence-electron chi connectivity index (χ1n) is 6.78. The van der Waals surface area contributed by atoms with E-state index in [9.17, 15) is 14.0 Å². The molecule has 0 fully saturated rings. The summed E-state index contributed by atoms with van der Waals surface area (Å²) in [5, 5.41) is 0. The Balaban J connectivity index is 1.89. The van der Waals surface area contributed by atoms with Crippen molar-refractivity contribution in [1.29, 1.82) is 0 Å². The Kier molecular flexibility index (Phi) is 4.93. The molecule has 0 aliphatic heterocycles. The topological polar surface area (TPSA) is 51.5 Å². The van der Waals surface area contributed by atoms with Gasteiger partial charge in [-0.3, -0.25) is 9.59 Å². The number of carbonyl (C=O) groups is 1. The van der Waals surface area contributed by atoms with Crippen LogP contribution >= 0.6 is 0 Å². The number of likely N-dealkylation sites (N-methyl/N-ethyl adjacent to an activating group) is 1. The van der Waals surface area contributed by atoms with Crippen molar-refractivity contribution in [2.45, 2.75) is 0 Å². The zero-order valence-electron chi connectivity index (χ0n) is 12.5. The Hall–Kier alpha value is -2.63. The molecule has 1 heterocycles.